The van der Waals surface area contributed by atoms with Gasteiger partial charge in [0.1, 0.15) is 11.6 Å². The molecule has 2 aromatic carbocycles. The van der Waals surface area contributed by atoms with E-state index < -0.39 is 23.4 Å². The molecule has 0 spiro atoms. The van der Waals surface area contributed by atoms with E-state index >= 15 is 0 Å². The fourth-order valence-corrected chi connectivity index (χ4v) is 2.48. The molecule has 6 heteroatoms. The van der Waals surface area contributed by atoms with E-state index in [4.69, 9.17) is 11.6 Å². The van der Waals surface area contributed by atoms with E-state index in [9.17, 15) is 18.4 Å². The summed E-state index contributed by atoms with van der Waals surface area (Å²) in [6.07, 6.45) is 0. The molecule has 0 unspecified atom stereocenters. The first kappa shape index (κ1) is 14.4. The van der Waals surface area contributed by atoms with E-state index in [-0.39, 0.29) is 27.3 Å². The number of nitrogens with one attached hydrogen (secondary N) is 1. The van der Waals surface area contributed by atoms with Crippen molar-refractivity contribution in [1.82, 2.24) is 5.32 Å². The Balaban J connectivity index is 2.28. The minimum absolute atomic E-state index is 0.00120. The quantitative estimate of drug-likeness (QED) is 0.864. The van der Waals surface area contributed by atoms with Crippen molar-refractivity contribution in [3.63, 3.8) is 0 Å². The van der Waals surface area contributed by atoms with Crippen LogP contribution in [-0.4, -0.2) is 11.8 Å². The van der Waals surface area contributed by atoms with E-state index in [0.717, 1.165) is 6.07 Å². The summed E-state index contributed by atoms with van der Waals surface area (Å²) in [5.41, 5.74) is 0.122. The van der Waals surface area contributed by atoms with Gasteiger partial charge in [-0.25, -0.2) is 8.78 Å². The molecule has 0 fully saturated rings. The fourth-order valence-electron chi connectivity index (χ4n) is 2.30. The maximum absolute atomic E-state index is 14.0. The van der Waals surface area contributed by atoms with Crippen molar-refractivity contribution >= 4 is 34.6 Å². The first-order chi connectivity index (χ1) is 10.5. The number of amides is 2. The van der Waals surface area contributed by atoms with Crippen LogP contribution in [0.15, 0.2) is 42.5 Å². The van der Waals surface area contributed by atoms with Gasteiger partial charge >= 0.3 is 0 Å². The minimum atomic E-state index is -0.703. The Morgan fingerprint density at radius 1 is 0.864 bits per heavy atom. The molecule has 3 nitrogen and oxygen atoms in total. The van der Waals surface area contributed by atoms with Crippen LogP contribution in [0.1, 0.15) is 11.1 Å². The van der Waals surface area contributed by atoms with E-state index in [1.807, 2.05) is 0 Å². The van der Waals surface area contributed by atoms with Crippen molar-refractivity contribution in [2.45, 2.75) is 0 Å². The lowest BCUT2D eigenvalue weighted by Gasteiger charge is -2.06. The number of carbonyl (C=O) groups excluding carboxylic acids is 2. The predicted molar refractivity (Wildman–Crippen MR) is 77.8 cm³/mol. The highest BCUT2D eigenvalue weighted by molar-refractivity contribution is 6.49. The largest absolute Gasteiger partial charge is 0.288 e. The summed E-state index contributed by atoms with van der Waals surface area (Å²) in [7, 11) is 0. The number of halogens is 3. The first-order valence-corrected chi connectivity index (χ1v) is 6.67. The van der Waals surface area contributed by atoms with Crippen LogP contribution in [0, 0.1) is 11.6 Å². The van der Waals surface area contributed by atoms with Crippen LogP contribution >= 0.6 is 11.6 Å². The summed E-state index contributed by atoms with van der Waals surface area (Å²) in [5.74, 6) is -2.66. The van der Waals surface area contributed by atoms with Crippen molar-refractivity contribution in [3.8, 4) is 0 Å². The molecule has 2 aromatic rings. The van der Waals surface area contributed by atoms with Gasteiger partial charge in [-0.05, 0) is 23.8 Å². The molecule has 0 saturated heterocycles. The van der Waals surface area contributed by atoms with Crippen molar-refractivity contribution in [1.29, 1.82) is 0 Å². The average molecular weight is 320 g/mol. The molecule has 0 saturated carbocycles. The Morgan fingerprint density at radius 2 is 1.55 bits per heavy atom. The number of hydrogen-bond donors (Lipinski definition) is 1. The number of hydrogen-bond acceptors (Lipinski definition) is 2. The highest BCUT2D eigenvalue weighted by Crippen LogP contribution is 2.33. The second kappa shape index (κ2) is 5.35. The third-order valence-corrected chi connectivity index (χ3v) is 3.57. The van der Waals surface area contributed by atoms with E-state index in [0.29, 0.717) is 0 Å². The van der Waals surface area contributed by atoms with Crippen molar-refractivity contribution in [2.24, 2.45) is 0 Å². The predicted octanol–water partition coefficient (Wildman–Crippen LogP) is 3.19. The molecule has 3 rings (SSSR count). The lowest BCUT2D eigenvalue weighted by atomic mass is 9.96. The van der Waals surface area contributed by atoms with Gasteiger partial charge < -0.3 is 0 Å². The van der Waals surface area contributed by atoms with Gasteiger partial charge in [0.15, 0.2) is 0 Å². The summed E-state index contributed by atoms with van der Waals surface area (Å²) in [4.78, 5) is 24.0. The molecule has 1 heterocycles. The molecule has 0 atom stereocenters. The van der Waals surface area contributed by atoms with Gasteiger partial charge in [-0.1, -0.05) is 35.9 Å². The van der Waals surface area contributed by atoms with Gasteiger partial charge in [0, 0.05) is 5.56 Å². The number of rotatable bonds is 2. The summed E-state index contributed by atoms with van der Waals surface area (Å²) in [6.45, 7) is 0. The van der Waals surface area contributed by atoms with Crippen LogP contribution in [0.4, 0.5) is 8.78 Å². The molecule has 0 bridgehead atoms. The molecular weight excluding hydrogens is 312 g/mol. The molecule has 1 aliphatic rings. The minimum Gasteiger partial charge on any atom is -0.288 e. The lowest BCUT2D eigenvalue weighted by molar-refractivity contribution is -0.122. The molecule has 0 aliphatic carbocycles. The van der Waals surface area contributed by atoms with Gasteiger partial charge in [0.05, 0.1) is 16.2 Å². The topological polar surface area (TPSA) is 46.2 Å². The van der Waals surface area contributed by atoms with Gasteiger partial charge in [0.2, 0.25) is 0 Å². The smallest absolute Gasteiger partial charge is 0.259 e. The third kappa shape index (κ3) is 2.29. The maximum atomic E-state index is 14.0. The molecule has 0 radical (unpaired) electrons. The standard InChI is InChI=1S/C16H8ClF2NO2/c17-10-7-8(5-6-12(10)19)13-14(16(22)20-15(13)21)9-3-1-2-4-11(9)18/h1-7H,(H,20,21,22). The lowest BCUT2D eigenvalue weighted by Crippen LogP contribution is -2.22. The Kier molecular flexibility index (Phi) is 3.50. The van der Waals surface area contributed by atoms with E-state index in [1.54, 1.807) is 6.07 Å². The van der Waals surface area contributed by atoms with Gasteiger partial charge in [-0.3, -0.25) is 14.9 Å². The Hall–Kier alpha value is -2.53. The summed E-state index contributed by atoms with van der Waals surface area (Å²) < 4.78 is 27.2. The van der Waals surface area contributed by atoms with Crippen LogP contribution in [0.3, 0.4) is 0 Å². The van der Waals surface area contributed by atoms with Crippen LogP contribution < -0.4 is 5.32 Å². The van der Waals surface area contributed by atoms with Crippen LogP contribution in [-0.2, 0) is 9.59 Å². The molecule has 1 N–H and O–H groups in total. The number of carbonyl (C=O) groups is 2. The zero-order valence-electron chi connectivity index (χ0n) is 11.0. The van der Waals surface area contributed by atoms with Crippen molar-refractivity contribution in [2.75, 3.05) is 0 Å². The number of benzene rings is 2. The summed E-state index contributed by atoms with van der Waals surface area (Å²) in [6, 6.07) is 9.24. The zero-order chi connectivity index (χ0) is 15.9. The van der Waals surface area contributed by atoms with Crippen molar-refractivity contribution in [3.05, 3.63) is 70.2 Å². The van der Waals surface area contributed by atoms with Crippen LogP contribution in [0.2, 0.25) is 5.02 Å². The van der Waals surface area contributed by atoms with Crippen molar-refractivity contribution < 1.29 is 18.4 Å². The molecule has 110 valence electrons. The monoisotopic (exact) mass is 319 g/mol. The fraction of sp³-hybridized carbons (Fsp3) is 0. The maximum Gasteiger partial charge on any atom is 0.259 e. The van der Waals surface area contributed by atoms with Gasteiger partial charge in [0.25, 0.3) is 11.8 Å². The molecule has 2 amide bonds. The normalized spacial score (nSPS) is 14.5. The highest BCUT2D eigenvalue weighted by Gasteiger charge is 2.33. The Labute approximate surface area is 129 Å². The second-order valence-electron chi connectivity index (χ2n) is 4.64. The third-order valence-electron chi connectivity index (χ3n) is 3.28. The van der Waals surface area contributed by atoms with Crippen LogP contribution in [0.25, 0.3) is 11.1 Å². The summed E-state index contributed by atoms with van der Waals surface area (Å²) >= 11 is 5.71. The zero-order valence-corrected chi connectivity index (χ0v) is 11.7. The van der Waals surface area contributed by atoms with Crippen LogP contribution in [0.5, 0.6) is 0 Å². The Bertz CT molecular complexity index is 846. The van der Waals surface area contributed by atoms with E-state index in [1.165, 1.54) is 30.3 Å². The number of imide groups is 1. The van der Waals surface area contributed by atoms with Gasteiger partial charge in [-0.2, -0.15) is 0 Å². The second-order valence-corrected chi connectivity index (χ2v) is 5.05. The molecule has 0 aromatic heterocycles. The SMILES string of the molecule is O=C1NC(=O)C(c2ccccc2F)=C1c1ccc(F)c(Cl)c1. The first-order valence-electron chi connectivity index (χ1n) is 6.29. The molecular formula is C16H8ClF2NO2. The molecule has 22 heavy (non-hydrogen) atoms. The molecule has 1 aliphatic heterocycles. The van der Waals surface area contributed by atoms with E-state index in [2.05, 4.69) is 5.32 Å². The average Bonchev–Trinajstić information content (AvgIpc) is 2.77. The highest BCUT2D eigenvalue weighted by atomic mass is 35.5. The Morgan fingerprint density at radius 3 is 2.23 bits per heavy atom. The van der Waals surface area contributed by atoms with Gasteiger partial charge in [-0.15, -0.1) is 0 Å². The summed E-state index contributed by atoms with van der Waals surface area (Å²) in [5, 5.41) is 1.93.